The van der Waals surface area contributed by atoms with Gasteiger partial charge in [0.2, 0.25) is 0 Å². The molecule has 0 spiro atoms. The van der Waals surface area contributed by atoms with Crippen LogP contribution in [0.1, 0.15) is 39.0 Å². The van der Waals surface area contributed by atoms with Crippen LogP contribution in [0.2, 0.25) is 0 Å². The molecule has 1 saturated carbocycles. The van der Waals surface area contributed by atoms with Gasteiger partial charge in [-0.25, -0.2) is 4.79 Å². The fourth-order valence-corrected chi connectivity index (χ4v) is 2.01. The number of ketones is 1. The Hall–Kier alpha value is -1.32. The zero-order valence-corrected chi connectivity index (χ0v) is 9.57. The van der Waals surface area contributed by atoms with Gasteiger partial charge in [-0.2, -0.15) is 0 Å². The number of hydrogen-bond acceptors (Lipinski definition) is 4. The van der Waals surface area contributed by atoms with Crippen LogP contribution >= 0.6 is 0 Å². The Morgan fingerprint density at radius 2 is 1.94 bits per heavy atom. The highest BCUT2D eigenvalue weighted by atomic mass is 16.5. The highest BCUT2D eigenvalue weighted by Crippen LogP contribution is 2.26. The van der Waals surface area contributed by atoms with Crippen LogP contribution < -0.4 is 0 Å². The molecule has 1 aliphatic rings. The summed E-state index contributed by atoms with van der Waals surface area (Å²) in [7, 11) is 0. The summed E-state index contributed by atoms with van der Waals surface area (Å²) in [5.74, 6) is -1.13. The molecule has 16 heavy (non-hydrogen) atoms. The van der Waals surface area contributed by atoms with E-state index in [-0.39, 0.29) is 23.9 Å². The van der Waals surface area contributed by atoms with E-state index in [9.17, 15) is 9.59 Å². The van der Waals surface area contributed by atoms with E-state index in [0.29, 0.717) is 6.26 Å². The fraction of sp³-hybridized carbons (Fsp3) is 0.667. The van der Waals surface area contributed by atoms with E-state index in [2.05, 4.69) is 0 Å². The number of aliphatic hydroxyl groups is 1. The number of carbonyl (C=O) groups excluding carboxylic acids is 2. The molecule has 0 bridgehead atoms. The SMILES string of the molecule is CCOC(=O)/C(=C\O)C(=O)C1CCCCC1. The average Bonchev–Trinajstić information content (AvgIpc) is 2.31. The second-order valence-electron chi connectivity index (χ2n) is 3.96. The van der Waals surface area contributed by atoms with Crippen molar-refractivity contribution in [1.29, 1.82) is 0 Å². The van der Waals surface area contributed by atoms with Crippen molar-refractivity contribution >= 4 is 11.8 Å². The first-order chi connectivity index (χ1) is 7.70. The minimum Gasteiger partial charge on any atom is -0.515 e. The molecule has 0 aromatic carbocycles. The van der Waals surface area contributed by atoms with Crippen LogP contribution in [0.4, 0.5) is 0 Å². The lowest BCUT2D eigenvalue weighted by molar-refractivity contribution is -0.140. The molecule has 0 aromatic heterocycles. The molecule has 1 rings (SSSR count). The molecule has 0 radical (unpaired) electrons. The summed E-state index contributed by atoms with van der Waals surface area (Å²) in [5, 5.41) is 8.94. The molecule has 0 unspecified atom stereocenters. The lowest BCUT2D eigenvalue weighted by atomic mass is 9.84. The van der Waals surface area contributed by atoms with Gasteiger partial charge in [-0.15, -0.1) is 0 Å². The fourth-order valence-electron chi connectivity index (χ4n) is 2.01. The maximum Gasteiger partial charge on any atom is 0.344 e. The number of Topliss-reactive ketones (excluding diaryl/α,β-unsaturated/α-hetero) is 1. The van der Waals surface area contributed by atoms with Crippen LogP contribution in [0, 0.1) is 5.92 Å². The van der Waals surface area contributed by atoms with Gasteiger partial charge in [-0.05, 0) is 19.8 Å². The lowest BCUT2D eigenvalue weighted by Gasteiger charge is -2.20. The van der Waals surface area contributed by atoms with Crippen LogP contribution in [0.3, 0.4) is 0 Å². The van der Waals surface area contributed by atoms with Gasteiger partial charge in [0.1, 0.15) is 5.57 Å². The Labute approximate surface area is 95.3 Å². The van der Waals surface area contributed by atoms with Crippen molar-refractivity contribution in [1.82, 2.24) is 0 Å². The average molecular weight is 226 g/mol. The molecule has 1 N–H and O–H groups in total. The number of hydrogen-bond donors (Lipinski definition) is 1. The van der Waals surface area contributed by atoms with Gasteiger partial charge >= 0.3 is 5.97 Å². The van der Waals surface area contributed by atoms with E-state index < -0.39 is 5.97 Å². The van der Waals surface area contributed by atoms with Gasteiger partial charge < -0.3 is 9.84 Å². The van der Waals surface area contributed by atoms with E-state index in [0.717, 1.165) is 32.1 Å². The van der Waals surface area contributed by atoms with Crippen LogP contribution in [-0.2, 0) is 14.3 Å². The Bertz CT molecular complexity index is 287. The van der Waals surface area contributed by atoms with Crippen molar-refractivity contribution in [3.63, 3.8) is 0 Å². The molecule has 0 aliphatic heterocycles. The van der Waals surface area contributed by atoms with Crippen molar-refractivity contribution in [2.24, 2.45) is 5.92 Å². The van der Waals surface area contributed by atoms with Crippen molar-refractivity contribution < 1.29 is 19.4 Å². The summed E-state index contributed by atoms with van der Waals surface area (Å²) in [6.07, 6.45) is 5.34. The predicted molar refractivity (Wildman–Crippen MR) is 58.9 cm³/mol. The van der Waals surface area contributed by atoms with E-state index in [4.69, 9.17) is 9.84 Å². The van der Waals surface area contributed by atoms with Crippen molar-refractivity contribution in [2.75, 3.05) is 6.61 Å². The van der Waals surface area contributed by atoms with Gasteiger partial charge in [0.05, 0.1) is 12.9 Å². The van der Waals surface area contributed by atoms with Crippen molar-refractivity contribution in [3.05, 3.63) is 11.8 Å². The third kappa shape index (κ3) is 3.08. The van der Waals surface area contributed by atoms with Crippen LogP contribution in [0.5, 0.6) is 0 Å². The van der Waals surface area contributed by atoms with Crippen LogP contribution in [0.25, 0.3) is 0 Å². The number of carbonyl (C=O) groups is 2. The number of esters is 1. The molecule has 4 nitrogen and oxygen atoms in total. The van der Waals surface area contributed by atoms with Crippen molar-refractivity contribution in [2.45, 2.75) is 39.0 Å². The molecule has 4 heteroatoms. The molecule has 90 valence electrons. The summed E-state index contributed by atoms with van der Waals surface area (Å²) in [5.41, 5.74) is -0.214. The first-order valence-corrected chi connectivity index (χ1v) is 5.76. The largest absolute Gasteiger partial charge is 0.515 e. The molecule has 0 aromatic rings. The molecule has 0 atom stereocenters. The topological polar surface area (TPSA) is 63.6 Å². The third-order valence-electron chi connectivity index (χ3n) is 2.87. The predicted octanol–water partition coefficient (Wildman–Crippen LogP) is 2.14. The summed E-state index contributed by atoms with van der Waals surface area (Å²) >= 11 is 0. The van der Waals surface area contributed by atoms with E-state index >= 15 is 0 Å². The normalized spacial score (nSPS) is 18.2. The molecule has 0 amide bonds. The summed E-state index contributed by atoms with van der Waals surface area (Å²) < 4.78 is 4.72. The van der Waals surface area contributed by atoms with Crippen LogP contribution in [0.15, 0.2) is 11.8 Å². The minimum atomic E-state index is -0.722. The number of aliphatic hydroxyl groups excluding tert-OH is 1. The summed E-state index contributed by atoms with van der Waals surface area (Å²) in [4.78, 5) is 23.3. The minimum absolute atomic E-state index is 0.128. The molecule has 0 heterocycles. The van der Waals surface area contributed by atoms with Crippen molar-refractivity contribution in [3.8, 4) is 0 Å². The maximum atomic E-state index is 11.9. The van der Waals surface area contributed by atoms with Gasteiger partial charge in [0, 0.05) is 5.92 Å². The lowest BCUT2D eigenvalue weighted by Crippen LogP contribution is -2.24. The first kappa shape index (κ1) is 12.7. The standard InChI is InChI=1S/C12H18O4/c1-2-16-12(15)10(8-13)11(14)9-6-4-3-5-7-9/h8-9,13H,2-7H2,1H3/b10-8-. The maximum absolute atomic E-state index is 11.9. The Kier molecular flexibility index (Phi) is 5.02. The second-order valence-corrected chi connectivity index (χ2v) is 3.96. The summed E-state index contributed by atoms with van der Waals surface area (Å²) in [6.45, 7) is 1.87. The monoisotopic (exact) mass is 226 g/mol. The number of ether oxygens (including phenoxy) is 1. The van der Waals surface area contributed by atoms with E-state index in [1.807, 2.05) is 0 Å². The highest BCUT2D eigenvalue weighted by molar-refractivity contribution is 6.17. The van der Waals surface area contributed by atoms with Gasteiger partial charge in [-0.3, -0.25) is 4.79 Å². The van der Waals surface area contributed by atoms with Gasteiger partial charge in [0.25, 0.3) is 0 Å². The zero-order valence-electron chi connectivity index (χ0n) is 9.57. The Morgan fingerprint density at radius 1 is 1.31 bits per heavy atom. The zero-order chi connectivity index (χ0) is 12.0. The molecular formula is C12H18O4. The summed E-state index contributed by atoms with van der Waals surface area (Å²) in [6, 6.07) is 0. The quantitative estimate of drug-likeness (QED) is 0.262. The Balaban J connectivity index is 2.65. The smallest absolute Gasteiger partial charge is 0.344 e. The Morgan fingerprint density at radius 3 is 2.44 bits per heavy atom. The molecule has 0 saturated heterocycles. The highest BCUT2D eigenvalue weighted by Gasteiger charge is 2.28. The molecule has 1 aliphatic carbocycles. The molecule has 1 fully saturated rings. The first-order valence-electron chi connectivity index (χ1n) is 5.76. The van der Waals surface area contributed by atoms with Gasteiger partial charge in [-0.1, -0.05) is 19.3 Å². The second kappa shape index (κ2) is 6.30. The molecular weight excluding hydrogens is 208 g/mol. The van der Waals surface area contributed by atoms with Crippen LogP contribution in [-0.4, -0.2) is 23.5 Å². The number of rotatable bonds is 4. The third-order valence-corrected chi connectivity index (χ3v) is 2.87. The van der Waals surface area contributed by atoms with Gasteiger partial charge in [0.15, 0.2) is 5.78 Å². The van der Waals surface area contributed by atoms with E-state index in [1.165, 1.54) is 0 Å². The van der Waals surface area contributed by atoms with E-state index in [1.54, 1.807) is 6.92 Å².